The van der Waals surface area contributed by atoms with Crippen molar-refractivity contribution < 1.29 is 40.7 Å². The Balaban J connectivity index is 1.48. The van der Waals surface area contributed by atoms with Crippen molar-refractivity contribution >= 4 is 21.8 Å². The van der Waals surface area contributed by atoms with Gasteiger partial charge in [0.05, 0.1) is 36.2 Å². The van der Waals surface area contributed by atoms with Gasteiger partial charge in [0.25, 0.3) is 5.91 Å². The molecule has 1 saturated heterocycles. The molecule has 1 aromatic heterocycles. The van der Waals surface area contributed by atoms with Crippen LogP contribution < -0.4 is 11.1 Å². The standard InChI is InChI=1S/C30H34F4N6O5S/c1-46(44,45)39-12-10-25-23(17-39)27(37-40(25)16-22(41)15-38-11-2-3-26(38)28(35)42)19-6-9-24(30(32,33)34)20(13-19)14-36-29(43)18-4-7-21(31)8-5-18/h4-9,13,22,26,41H,2-3,10-12,14-17H2,1H3,(H2,35,42)(H,36,43)/t22?,26-/m0/s1. The predicted octanol–water partition coefficient (Wildman–Crippen LogP) is 2.27. The van der Waals surface area contributed by atoms with E-state index < -0.39 is 58.1 Å². The van der Waals surface area contributed by atoms with Crippen LogP contribution in [0.1, 0.15) is 45.6 Å². The van der Waals surface area contributed by atoms with E-state index in [-0.39, 0.29) is 55.0 Å². The van der Waals surface area contributed by atoms with Gasteiger partial charge in [-0.15, -0.1) is 0 Å². The maximum atomic E-state index is 14.0. The third kappa shape index (κ3) is 7.40. The molecule has 11 nitrogen and oxygen atoms in total. The average Bonchev–Trinajstić information content (AvgIpc) is 3.59. The molecule has 0 radical (unpaired) electrons. The predicted molar refractivity (Wildman–Crippen MR) is 159 cm³/mol. The Morgan fingerprint density at radius 3 is 2.50 bits per heavy atom. The Labute approximate surface area is 263 Å². The van der Waals surface area contributed by atoms with Gasteiger partial charge in [-0.05, 0) is 61.3 Å². The Morgan fingerprint density at radius 2 is 1.85 bits per heavy atom. The van der Waals surface area contributed by atoms with Crippen molar-refractivity contribution in [3.8, 4) is 11.3 Å². The number of carbonyl (C=O) groups excluding carboxylic acids is 2. The summed E-state index contributed by atoms with van der Waals surface area (Å²) in [6.07, 6.45) is -3.07. The van der Waals surface area contributed by atoms with Gasteiger partial charge in [-0.3, -0.25) is 19.2 Å². The van der Waals surface area contributed by atoms with Crippen LogP contribution in [-0.2, 0) is 47.0 Å². The highest BCUT2D eigenvalue weighted by Gasteiger charge is 2.35. The molecule has 0 bridgehead atoms. The minimum absolute atomic E-state index is 0.00951. The molecule has 2 amide bonds. The third-order valence-electron chi connectivity index (χ3n) is 8.32. The van der Waals surface area contributed by atoms with E-state index in [0.717, 1.165) is 30.9 Å². The molecule has 3 heterocycles. The van der Waals surface area contributed by atoms with Crippen molar-refractivity contribution in [1.82, 2.24) is 24.3 Å². The van der Waals surface area contributed by atoms with Gasteiger partial charge in [0.2, 0.25) is 15.9 Å². The Kier molecular flexibility index (Phi) is 9.54. The number of β-amino-alcohol motifs (C(OH)–C–C–N with tert-alkyl or cyclic N) is 1. The number of primary amides is 1. The lowest BCUT2D eigenvalue weighted by molar-refractivity contribution is -0.138. The van der Waals surface area contributed by atoms with Crippen LogP contribution in [-0.4, -0.2) is 82.4 Å². The van der Waals surface area contributed by atoms with Crippen molar-refractivity contribution in [2.24, 2.45) is 5.73 Å². The minimum atomic E-state index is -4.75. The Bertz CT molecular complexity index is 1730. The van der Waals surface area contributed by atoms with Crippen LogP contribution in [0.15, 0.2) is 42.5 Å². The van der Waals surface area contributed by atoms with Crippen LogP contribution in [0, 0.1) is 5.82 Å². The molecule has 1 fully saturated rings. The summed E-state index contributed by atoms with van der Waals surface area (Å²) in [5, 5.41) is 18.1. The number of alkyl halides is 3. The molecule has 3 aromatic rings. The largest absolute Gasteiger partial charge is 0.416 e. The number of aliphatic hydroxyl groups excluding tert-OH is 1. The summed E-state index contributed by atoms with van der Waals surface area (Å²) in [6.45, 7) is 0.286. The highest BCUT2D eigenvalue weighted by atomic mass is 32.2. The van der Waals surface area contributed by atoms with E-state index in [0.29, 0.717) is 24.2 Å². The second-order valence-electron chi connectivity index (χ2n) is 11.6. The molecule has 1 unspecified atom stereocenters. The molecule has 2 aliphatic rings. The number of likely N-dealkylation sites (tertiary alicyclic amines) is 1. The second-order valence-corrected chi connectivity index (χ2v) is 13.6. The zero-order valence-electron chi connectivity index (χ0n) is 24.9. The van der Waals surface area contributed by atoms with Gasteiger partial charge in [-0.2, -0.15) is 22.6 Å². The number of hydrogen-bond donors (Lipinski definition) is 3. The molecule has 2 aliphatic heterocycles. The topological polar surface area (TPSA) is 151 Å². The molecule has 0 spiro atoms. The van der Waals surface area contributed by atoms with Crippen molar-refractivity contribution in [1.29, 1.82) is 0 Å². The zero-order chi connectivity index (χ0) is 33.4. The summed E-state index contributed by atoms with van der Waals surface area (Å²) in [7, 11) is -3.62. The van der Waals surface area contributed by atoms with E-state index in [1.54, 1.807) is 4.90 Å². The van der Waals surface area contributed by atoms with Gasteiger partial charge in [-0.25, -0.2) is 12.8 Å². The first kappa shape index (κ1) is 33.5. The number of hydrogen-bond acceptors (Lipinski definition) is 7. The first-order valence-electron chi connectivity index (χ1n) is 14.6. The molecular weight excluding hydrogens is 632 g/mol. The fraction of sp³-hybridized carbons (Fsp3) is 0.433. The molecule has 2 aromatic carbocycles. The number of nitrogens with two attached hydrogens (primary N) is 1. The van der Waals surface area contributed by atoms with Crippen LogP contribution in [0.4, 0.5) is 17.6 Å². The zero-order valence-corrected chi connectivity index (χ0v) is 25.7. The summed E-state index contributed by atoms with van der Waals surface area (Å²) >= 11 is 0. The number of amides is 2. The van der Waals surface area contributed by atoms with E-state index in [4.69, 9.17) is 5.73 Å². The van der Waals surface area contributed by atoms with Crippen LogP contribution in [0.25, 0.3) is 11.3 Å². The molecule has 4 N–H and O–H groups in total. The fourth-order valence-corrected chi connectivity index (χ4v) is 6.86. The lowest BCUT2D eigenvalue weighted by atomic mass is 9.97. The van der Waals surface area contributed by atoms with Gasteiger partial charge in [0.1, 0.15) is 5.82 Å². The smallest absolute Gasteiger partial charge is 0.390 e. The average molecular weight is 667 g/mol. The number of carbonyl (C=O) groups is 2. The molecular formula is C30H34F4N6O5S. The molecule has 46 heavy (non-hydrogen) atoms. The summed E-state index contributed by atoms with van der Waals surface area (Å²) < 4.78 is 83.0. The maximum absolute atomic E-state index is 14.0. The number of aliphatic hydroxyl groups is 1. The molecule has 5 rings (SSSR count). The number of fused-ring (bicyclic) bond motifs is 1. The molecule has 0 aliphatic carbocycles. The Hall–Kier alpha value is -3.86. The highest BCUT2D eigenvalue weighted by molar-refractivity contribution is 7.88. The molecule has 16 heteroatoms. The Morgan fingerprint density at radius 1 is 1.13 bits per heavy atom. The molecule has 248 valence electrons. The van der Waals surface area contributed by atoms with Gasteiger partial charge >= 0.3 is 6.18 Å². The van der Waals surface area contributed by atoms with E-state index in [1.807, 2.05) is 0 Å². The van der Waals surface area contributed by atoms with Crippen molar-refractivity contribution in [2.45, 2.75) is 57.2 Å². The summed E-state index contributed by atoms with van der Waals surface area (Å²) in [5.74, 6) is -1.75. The van der Waals surface area contributed by atoms with Crippen LogP contribution in [0.5, 0.6) is 0 Å². The monoisotopic (exact) mass is 666 g/mol. The quantitative estimate of drug-likeness (QED) is 0.281. The normalized spacial score (nSPS) is 18.3. The first-order valence-corrected chi connectivity index (χ1v) is 16.5. The SMILES string of the molecule is CS(=O)(=O)N1CCc2c(c(-c3ccc(C(F)(F)F)c(CNC(=O)c4ccc(F)cc4)c3)nn2CC(O)CN2CCC[C@H]2C(N)=O)C1. The van der Waals surface area contributed by atoms with E-state index in [1.165, 1.54) is 33.3 Å². The number of nitrogens with one attached hydrogen (secondary N) is 1. The summed E-state index contributed by atoms with van der Waals surface area (Å²) in [4.78, 5) is 26.2. The van der Waals surface area contributed by atoms with E-state index in [2.05, 4.69) is 10.4 Å². The lowest BCUT2D eigenvalue weighted by Crippen LogP contribution is -2.44. The van der Waals surface area contributed by atoms with Gasteiger partial charge in [0, 0.05) is 55.0 Å². The van der Waals surface area contributed by atoms with Crippen molar-refractivity contribution in [3.05, 3.63) is 76.2 Å². The highest BCUT2D eigenvalue weighted by Crippen LogP contribution is 2.37. The van der Waals surface area contributed by atoms with E-state index in [9.17, 15) is 40.7 Å². The lowest BCUT2D eigenvalue weighted by Gasteiger charge is -2.27. The number of sulfonamides is 1. The van der Waals surface area contributed by atoms with Gasteiger partial charge < -0.3 is 16.2 Å². The number of nitrogens with zero attached hydrogens (tertiary/aromatic N) is 4. The fourth-order valence-electron chi connectivity index (χ4n) is 6.07. The minimum Gasteiger partial charge on any atom is -0.390 e. The number of benzene rings is 2. The third-order valence-corrected chi connectivity index (χ3v) is 9.57. The first-order chi connectivity index (χ1) is 21.6. The summed E-state index contributed by atoms with van der Waals surface area (Å²) in [5.41, 5.74) is 5.95. The van der Waals surface area contributed by atoms with Crippen molar-refractivity contribution in [3.63, 3.8) is 0 Å². The van der Waals surface area contributed by atoms with Gasteiger partial charge in [0.15, 0.2) is 0 Å². The second kappa shape index (κ2) is 13.1. The molecule has 2 atom stereocenters. The maximum Gasteiger partial charge on any atom is 0.416 e. The number of aromatic nitrogens is 2. The van der Waals surface area contributed by atoms with Crippen LogP contribution in [0.3, 0.4) is 0 Å². The van der Waals surface area contributed by atoms with Crippen LogP contribution in [0.2, 0.25) is 0 Å². The summed E-state index contributed by atoms with van der Waals surface area (Å²) in [6, 6.07) is 7.42. The van der Waals surface area contributed by atoms with Crippen LogP contribution >= 0.6 is 0 Å². The molecule has 0 saturated carbocycles. The van der Waals surface area contributed by atoms with Crippen molar-refractivity contribution in [2.75, 3.05) is 25.9 Å². The number of rotatable bonds is 10. The number of halogens is 4. The van der Waals surface area contributed by atoms with E-state index >= 15 is 0 Å². The van der Waals surface area contributed by atoms with Gasteiger partial charge in [-0.1, -0.05) is 6.07 Å².